The van der Waals surface area contributed by atoms with E-state index in [-0.39, 0.29) is 65.6 Å². The Morgan fingerprint density at radius 1 is 1.02 bits per heavy atom. The zero-order valence-corrected chi connectivity index (χ0v) is 40.9. The molecular formula is C41H43Br2F2IN14O4. The fourth-order valence-corrected chi connectivity index (χ4v) is 7.54. The fourth-order valence-electron chi connectivity index (χ4n) is 5.93. The molecule has 5 heterocycles. The summed E-state index contributed by atoms with van der Waals surface area (Å²) in [4.78, 5) is 31.2. The van der Waals surface area contributed by atoms with Crippen molar-refractivity contribution in [2.24, 2.45) is 14.1 Å². The monoisotopic (exact) mass is 1120 g/mol. The zero-order chi connectivity index (χ0) is 47.4. The highest BCUT2D eigenvalue weighted by Crippen LogP contribution is 2.34. The van der Waals surface area contributed by atoms with Gasteiger partial charge in [0.05, 0.1) is 46.1 Å². The summed E-state index contributed by atoms with van der Waals surface area (Å²) in [5, 5.41) is 37.4. The third kappa shape index (κ3) is 12.4. The second-order valence-corrected chi connectivity index (χ2v) is 16.3. The molecule has 2 aromatic carbocycles. The summed E-state index contributed by atoms with van der Waals surface area (Å²) in [5.74, 6) is -0.657. The molecule has 64 heavy (non-hydrogen) atoms. The normalized spacial score (nSPS) is 13.2. The first-order valence-electron chi connectivity index (χ1n) is 19.0. The van der Waals surface area contributed by atoms with Crippen LogP contribution >= 0.6 is 54.5 Å². The highest BCUT2D eigenvalue weighted by molar-refractivity contribution is 14.1. The molecule has 0 aliphatic carbocycles. The molecule has 336 valence electrons. The molecule has 6 aromatic rings. The van der Waals surface area contributed by atoms with Gasteiger partial charge in [-0.05, 0) is 119 Å². The molecule has 7 rings (SSSR count). The Bertz CT molecular complexity index is 2710. The highest BCUT2D eigenvalue weighted by Gasteiger charge is 2.28. The van der Waals surface area contributed by atoms with Crippen LogP contribution < -0.4 is 26.3 Å². The van der Waals surface area contributed by atoms with Gasteiger partial charge in [-0.15, -0.1) is 0 Å². The van der Waals surface area contributed by atoms with Crippen molar-refractivity contribution in [2.45, 2.75) is 46.1 Å². The summed E-state index contributed by atoms with van der Waals surface area (Å²) in [7, 11) is 6.83. The zero-order valence-electron chi connectivity index (χ0n) is 35.5. The number of nitrogens with two attached hydrogens (primary N) is 2. The van der Waals surface area contributed by atoms with E-state index in [0.29, 0.717) is 39.4 Å². The number of benzene rings is 2. The van der Waals surface area contributed by atoms with E-state index >= 15 is 0 Å². The number of hydrogen-bond acceptors (Lipinski definition) is 15. The number of anilines is 2. The lowest BCUT2D eigenvalue weighted by Crippen LogP contribution is -2.28. The Kier molecular flexibility index (Phi) is 18.4. The largest absolute Gasteiger partial charge is 0.467 e. The van der Waals surface area contributed by atoms with E-state index in [1.165, 1.54) is 52.3 Å². The number of aliphatic hydroxyl groups is 1. The van der Waals surface area contributed by atoms with Gasteiger partial charge in [0.1, 0.15) is 46.3 Å². The number of aryl methyl sites for hydroxylation is 2. The second kappa shape index (κ2) is 23.2. The molecule has 18 nitrogen and oxygen atoms in total. The molecule has 4 aromatic heterocycles. The van der Waals surface area contributed by atoms with E-state index in [4.69, 9.17) is 31.3 Å². The van der Waals surface area contributed by atoms with Crippen molar-refractivity contribution in [1.82, 2.24) is 49.7 Å². The van der Waals surface area contributed by atoms with E-state index in [1.54, 1.807) is 52.7 Å². The molecule has 23 heteroatoms. The second-order valence-electron chi connectivity index (χ2n) is 13.5. The summed E-state index contributed by atoms with van der Waals surface area (Å²) in [6.45, 7) is 6.17. The molecule has 0 spiro atoms. The van der Waals surface area contributed by atoms with Crippen molar-refractivity contribution in [2.75, 3.05) is 32.2 Å². The molecule has 2 unspecified atom stereocenters. The average molecular weight is 1120 g/mol. The SMILES string of the molecule is CC(Oc1nc(Br)cnc1N)c1cc(F)ccc1I.CC1Oc2nc(cnc2N)-c2c(nn(C)c2C#N)CN(C)C(=O)c2ccc(F)cc21.CCO.CNCc1nn(C)c(C#N)c1Br. The van der Waals surface area contributed by atoms with Crippen LogP contribution in [-0.2, 0) is 27.2 Å². The molecule has 2 bridgehead atoms. The molecule has 0 saturated heterocycles. The summed E-state index contributed by atoms with van der Waals surface area (Å²) < 4.78 is 44.0. The number of carbonyl (C=O) groups excluding carboxylic acids is 1. The topological polar surface area (TPSA) is 258 Å². The summed E-state index contributed by atoms with van der Waals surface area (Å²) in [6.07, 6.45) is 1.80. The van der Waals surface area contributed by atoms with Gasteiger partial charge in [-0.2, -0.15) is 20.7 Å². The fraction of sp³-hybridized carbons (Fsp3) is 0.293. The number of rotatable bonds is 5. The van der Waals surface area contributed by atoms with Crippen LogP contribution in [0.15, 0.2) is 57.9 Å². The summed E-state index contributed by atoms with van der Waals surface area (Å²) in [6, 6.07) is 12.6. The number of halogens is 5. The number of aromatic nitrogens is 8. The van der Waals surface area contributed by atoms with Crippen molar-refractivity contribution in [3.8, 4) is 35.2 Å². The van der Waals surface area contributed by atoms with Crippen LogP contribution in [0.1, 0.15) is 77.2 Å². The molecule has 6 N–H and O–H groups in total. The van der Waals surface area contributed by atoms with Crippen LogP contribution in [0.5, 0.6) is 11.8 Å². The van der Waals surface area contributed by atoms with Crippen molar-refractivity contribution in [1.29, 1.82) is 10.5 Å². The number of nitrogens with one attached hydrogen (secondary N) is 1. The van der Waals surface area contributed by atoms with Crippen LogP contribution in [-0.4, -0.2) is 76.1 Å². The van der Waals surface area contributed by atoms with Gasteiger partial charge in [0.25, 0.3) is 17.7 Å². The minimum absolute atomic E-state index is 0.0234. The Balaban J connectivity index is 0.000000225. The van der Waals surface area contributed by atoms with Crippen LogP contribution in [0, 0.1) is 37.9 Å². The van der Waals surface area contributed by atoms with Crippen LogP contribution in [0.25, 0.3) is 11.3 Å². The quantitative estimate of drug-likeness (QED) is 0.131. The first-order chi connectivity index (χ1) is 30.4. The highest BCUT2D eigenvalue weighted by atomic mass is 127. The lowest BCUT2D eigenvalue weighted by molar-refractivity contribution is 0.0778. The number of aliphatic hydroxyl groups excluding tert-OH is 1. The molecular weight excluding hydrogens is 1080 g/mol. The van der Waals surface area contributed by atoms with E-state index in [1.807, 2.05) is 7.05 Å². The number of carbonyl (C=O) groups is 1. The maximum Gasteiger partial charge on any atom is 0.258 e. The van der Waals surface area contributed by atoms with Gasteiger partial charge >= 0.3 is 0 Å². The minimum Gasteiger partial charge on any atom is -0.467 e. The number of fused-ring (bicyclic) bond motifs is 5. The first-order valence-corrected chi connectivity index (χ1v) is 21.6. The Hall–Kier alpha value is -5.86. The molecule has 0 saturated carbocycles. The smallest absolute Gasteiger partial charge is 0.258 e. The maximum absolute atomic E-state index is 14.0. The number of hydrogen-bond donors (Lipinski definition) is 4. The number of nitrogen functional groups attached to an aromatic ring is 2. The van der Waals surface area contributed by atoms with Gasteiger partial charge in [-0.25, -0.2) is 28.7 Å². The predicted octanol–water partition coefficient (Wildman–Crippen LogP) is 6.67. The van der Waals surface area contributed by atoms with E-state index in [0.717, 1.165) is 19.3 Å². The van der Waals surface area contributed by atoms with Crippen molar-refractivity contribution < 1.29 is 28.2 Å². The number of nitrogens with zero attached hydrogens (tertiary/aromatic N) is 11. The average Bonchev–Trinajstić information content (AvgIpc) is 3.72. The van der Waals surface area contributed by atoms with Gasteiger partial charge in [-0.1, -0.05) is 0 Å². The van der Waals surface area contributed by atoms with Crippen molar-refractivity contribution >= 4 is 72.0 Å². The molecule has 0 fully saturated rings. The van der Waals surface area contributed by atoms with E-state index in [9.17, 15) is 18.8 Å². The number of amides is 1. The third-order valence-corrected chi connectivity index (χ3v) is 11.1. The lowest BCUT2D eigenvalue weighted by Gasteiger charge is -2.23. The molecule has 1 aliphatic rings. The standard InChI is InChI=1S/C20H18FN7O2.C12H10BrFIN3O.C7H9BrN4.C2H6O/c1-10-13-6-11(21)4-5-12(13)20(29)27(2)9-15-17(16(7-22)28(3)26-15)14-8-24-18(23)19(25-14)30-10;1-6(8-4-7(14)2-3-9(8)15)19-12-11(16)17-5-10(13)18-12;1-10-4-5-7(8)6(3-9)12(2)11-5;1-2-3/h4-6,8,10H,9H2,1-3H3,(H2,23,24);2-6H,1H3,(H2,16,17);10H,4H2,1-2H3;3H,2H2,1H3. The Morgan fingerprint density at radius 3 is 2.28 bits per heavy atom. The summed E-state index contributed by atoms with van der Waals surface area (Å²) >= 11 is 8.64. The number of ether oxygens (including phenoxy) is 2. The van der Waals surface area contributed by atoms with Crippen molar-refractivity contribution in [3.63, 3.8) is 0 Å². The van der Waals surface area contributed by atoms with Gasteiger partial charge in [0.2, 0.25) is 0 Å². The maximum atomic E-state index is 14.0. The van der Waals surface area contributed by atoms with Crippen molar-refractivity contribution in [3.05, 3.63) is 113 Å². The third-order valence-electron chi connectivity index (χ3n) is 8.88. The van der Waals surface area contributed by atoms with Gasteiger partial charge < -0.3 is 36.3 Å². The lowest BCUT2D eigenvalue weighted by atomic mass is 10.0. The first kappa shape index (κ1) is 50.8. The Morgan fingerprint density at radius 2 is 1.64 bits per heavy atom. The van der Waals surface area contributed by atoms with Gasteiger partial charge in [-0.3, -0.25) is 14.2 Å². The van der Waals surface area contributed by atoms with Gasteiger partial charge in [0, 0.05) is 54.6 Å². The predicted molar refractivity (Wildman–Crippen MR) is 248 cm³/mol. The van der Waals surface area contributed by atoms with Crippen LogP contribution in [0.2, 0.25) is 0 Å². The van der Waals surface area contributed by atoms with Crippen LogP contribution in [0.3, 0.4) is 0 Å². The molecule has 0 radical (unpaired) electrons. The van der Waals surface area contributed by atoms with Crippen LogP contribution in [0.4, 0.5) is 20.4 Å². The van der Waals surface area contributed by atoms with E-state index < -0.39 is 11.9 Å². The summed E-state index contributed by atoms with van der Waals surface area (Å²) in [5.41, 5.74) is 15.9. The molecule has 2 atom stereocenters. The molecule has 1 amide bonds. The van der Waals surface area contributed by atoms with Gasteiger partial charge in [0.15, 0.2) is 17.3 Å². The van der Waals surface area contributed by atoms with E-state index in [2.05, 4.69) is 102 Å². The molecule has 1 aliphatic heterocycles. The minimum atomic E-state index is -0.733. The Labute approximate surface area is 398 Å². The number of nitriles is 2.